The summed E-state index contributed by atoms with van der Waals surface area (Å²) in [5.41, 5.74) is 1.62. The van der Waals surface area contributed by atoms with Gasteiger partial charge in [-0.25, -0.2) is 8.42 Å². The van der Waals surface area contributed by atoms with Crippen molar-refractivity contribution in [3.63, 3.8) is 0 Å². The third kappa shape index (κ3) is 5.71. The van der Waals surface area contributed by atoms with Crippen LogP contribution in [0.5, 0.6) is 5.75 Å². The molecule has 1 N–H and O–H groups in total. The summed E-state index contributed by atoms with van der Waals surface area (Å²) in [5.74, 6) is 0.535. The van der Waals surface area contributed by atoms with Crippen molar-refractivity contribution in [2.45, 2.75) is 18.9 Å². The second kappa shape index (κ2) is 8.84. The summed E-state index contributed by atoms with van der Waals surface area (Å²) in [6.07, 6.45) is 3.39. The molecule has 0 bridgehead atoms. The lowest BCUT2D eigenvalue weighted by atomic mass is 10.1. The topological polar surface area (TPSA) is 79.0 Å². The van der Waals surface area contributed by atoms with Crippen LogP contribution in [-0.2, 0) is 10.0 Å². The van der Waals surface area contributed by atoms with Crippen molar-refractivity contribution >= 4 is 27.3 Å². The predicted octanol–water partition coefficient (Wildman–Crippen LogP) is 2.81. The number of sulfonamides is 1. The Morgan fingerprint density at radius 1 is 1.07 bits per heavy atom. The van der Waals surface area contributed by atoms with Gasteiger partial charge in [0.05, 0.1) is 11.9 Å². The van der Waals surface area contributed by atoms with E-state index in [1.165, 1.54) is 7.05 Å². The fourth-order valence-corrected chi connectivity index (χ4v) is 3.63. The van der Waals surface area contributed by atoms with Gasteiger partial charge in [-0.3, -0.25) is 9.10 Å². The van der Waals surface area contributed by atoms with Gasteiger partial charge in [-0.05, 0) is 68.4 Å². The van der Waals surface area contributed by atoms with Crippen molar-refractivity contribution in [2.75, 3.05) is 43.1 Å². The standard InChI is InChI=1S/C21H27N3O4S/c1-23-14-12-20(13-15-23)28-19-10-6-17(7-11-19)22-21(25)16-4-8-18(9-5-16)24(2)29(3,26)27/h4-11,20H,12-15H2,1-3H3,(H,22,25). The molecule has 1 fully saturated rings. The normalized spacial score (nSPS) is 15.7. The number of hydrogen-bond acceptors (Lipinski definition) is 5. The molecule has 0 saturated carbocycles. The molecule has 0 spiro atoms. The molecule has 0 unspecified atom stereocenters. The Morgan fingerprint density at radius 2 is 1.66 bits per heavy atom. The third-order valence-corrected chi connectivity index (χ3v) is 6.28. The number of carbonyl (C=O) groups is 1. The highest BCUT2D eigenvalue weighted by Crippen LogP contribution is 2.22. The molecule has 1 saturated heterocycles. The van der Waals surface area contributed by atoms with Gasteiger partial charge >= 0.3 is 0 Å². The lowest BCUT2D eigenvalue weighted by Gasteiger charge is -2.29. The fraction of sp³-hybridized carbons (Fsp3) is 0.381. The largest absolute Gasteiger partial charge is 0.490 e. The average Bonchev–Trinajstić information content (AvgIpc) is 2.70. The number of nitrogens with zero attached hydrogens (tertiary/aromatic N) is 2. The molecular weight excluding hydrogens is 390 g/mol. The summed E-state index contributed by atoms with van der Waals surface area (Å²) in [6, 6.07) is 13.8. The zero-order valence-corrected chi connectivity index (χ0v) is 17.8. The van der Waals surface area contributed by atoms with Crippen LogP contribution in [0.15, 0.2) is 48.5 Å². The molecule has 1 aliphatic heterocycles. The van der Waals surface area contributed by atoms with E-state index in [0.29, 0.717) is 16.9 Å². The van der Waals surface area contributed by atoms with Crippen molar-refractivity contribution < 1.29 is 17.9 Å². The maximum Gasteiger partial charge on any atom is 0.255 e. The Bertz CT molecular complexity index is 935. The fourth-order valence-electron chi connectivity index (χ4n) is 3.13. The molecule has 0 radical (unpaired) electrons. The van der Waals surface area contributed by atoms with Gasteiger partial charge in [-0.15, -0.1) is 0 Å². The first kappa shape index (κ1) is 21.1. The maximum absolute atomic E-state index is 12.4. The average molecular weight is 418 g/mol. The summed E-state index contributed by atoms with van der Waals surface area (Å²) >= 11 is 0. The van der Waals surface area contributed by atoms with Gasteiger partial charge in [0.1, 0.15) is 11.9 Å². The first-order valence-corrected chi connectivity index (χ1v) is 11.4. The molecule has 156 valence electrons. The smallest absolute Gasteiger partial charge is 0.255 e. The van der Waals surface area contributed by atoms with Crippen LogP contribution in [-0.4, -0.2) is 58.8 Å². The number of hydrogen-bond donors (Lipinski definition) is 1. The van der Waals surface area contributed by atoms with Crippen LogP contribution in [0.2, 0.25) is 0 Å². The summed E-state index contributed by atoms with van der Waals surface area (Å²) in [7, 11) is 0.251. The summed E-state index contributed by atoms with van der Waals surface area (Å²) in [6.45, 7) is 2.08. The van der Waals surface area contributed by atoms with Crippen LogP contribution in [0.1, 0.15) is 23.2 Å². The highest BCUT2D eigenvalue weighted by molar-refractivity contribution is 7.92. The Kier molecular flexibility index (Phi) is 6.44. The van der Waals surface area contributed by atoms with Gasteiger partial charge < -0.3 is 15.0 Å². The minimum Gasteiger partial charge on any atom is -0.490 e. The molecule has 0 aromatic heterocycles. The number of likely N-dealkylation sites (tertiary alicyclic amines) is 1. The Morgan fingerprint density at radius 3 is 2.21 bits per heavy atom. The minimum absolute atomic E-state index is 0.232. The molecule has 0 aliphatic carbocycles. The van der Waals surface area contributed by atoms with Gasteiger partial charge in [0.25, 0.3) is 5.91 Å². The number of rotatable bonds is 6. The van der Waals surface area contributed by atoms with Crippen LogP contribution in [0, 0.1) is 0 Å². The van der Waals surface area contributed by atoms with Crippen LogP contribution in [0.4, 0.5) is 11.4 Å². The van der Waals surface area contributed by atoms with Crippen LogP contribution >= 0.6 is 0 Å². The van der Waals surface area contributed by atoms with E-state index in [2.05, 4.69) is 17.3 Å². The monoisotopic (exact) mass is 417 g/mol. The van der Waals surface area contributed by atoms with Crippen LogP contribution in [0.25, 0.3) is 0 Å². The Balaban J connectivity index is 1.58. The molecule has 3 rings (SSSR count). The van der Waals surface area contributed by atoms with E-state index in [1.54, 1.807) is 24.3 Å². The van der Waals surface area contributed by atoms with E-state index in [0.717, 1.165) is 42.2 Å². The molecule has 8 heteroatoms. The molecule has 7 nitrogen and oxygen atoms in total. The second-order valence-corrected chi connectivity index (χ2v) is 9.39. The van der Waals surface area contributed by atoms with Gasteiger partial charge in [0, 0.05) is 31.4 Å². The van der Waals surface area contributed by atoms with E-state index in [4.69, 9.17) is 4.74 Å². The van der Waals surface area contributed by atoms with Crippen molar-refractivity contribution in [3.05, 3.63) is 54.1 Å². The van der Waals surface area contributed by atoms with Crippen molar-refractivity contribution in [1.29, 1.82) is 0 Å². The lowest BCUT2D eigenvalue weighted by molar-refractivity contribution is 0.102. The second-order valence-electron chi connectivity index (χ2n) is 7.38. The molecule has 0 atom stereocenters. The molecule has 1 heterocycles. The number of ether oxygens (including phenoxy) is 1. The molecule has 2 aromatic rings. The lowest BCUT2D eigenvalue weighted by Crippen LogP contribution is -2.35. The van der Waals surface area contributed by atoms with E-state index >= 15 is 0 Å². The van der Waals surface area contributed by atoms with Gasteiger partial charge in [0.2, 0.25) is 10.0 Å². The van der Waals surface area contributed by atoms with Gasteiger partial charge in [-0.1, -0.05) is 0 Å². The van der Waals surface area contributed by atoms with E-state index in [-0.39, 0.29) is 12.0 Å². The summed E-state index contributed by atoms with van der Waals surface area (Å²) in [5, 5.41) is 2.84. The Hall–Kier alpha value is -2.58. The highest BCUT2D eigenvalue weighted by Gasteiger charge is 2.18. The highest BCUT2D eigenvalue weighted by atomic mass is 32.2. The van der Waals surface area contributed by atoms with Gasteiger partial charge in [0.15, 0.2) is 0 Å². The van der Waals surface area contributed by atoms with Crippen LogP contribution in [0.3, 0.4) is 0 Å². The van der Waals surface area contributed by atoms with Crippen molar-refractivity contribution in [1.82, 2.24) is 4.90 Å². The molecule has 1 amide bonds. The van der Waals surface area contributed by atoms with Crippen molar-refractivity contribution in [2.24, 2.45) is 0 Å². The number of piperidine rings is 1. The number of nitrogens with one attached hydrogen (secondary N) is 1. The Labute approximate surface area is 172 Å². The van der Waals surface area contributed by atoms with Crippen molar-refractivity contribution in [3.8, 4) is 5.75 Å². The maximum atomic E-state index is 12.4. The molecule has 2 aromatic carbocycles. The number of amides is 1. The molecule has 29 heavy (non-hydrogen) atoms. The predicted molar refractivity (Wildman–Crippen MR) is 115 cm³/mol. The van der Waals surface area contributed by atoms with Crippen LogP contribution < -0.4 is 14.4 Å². The SMILES string of the molecule is CN1CCC(Oc2ccc(NC(=O)c3ccc(N(C)S(C)(=O)=O)cc3)cc2)CC1. The third-order valence-electron chi connectivity index (χ3n) is 5.07. The number of carbonyl (C=O) groups excluding carboxylic acids is 1. The van der Waals surface area contributed by atoms with E-state index in [9.17, 15) is 13.2 Å². The number of benzene rings is 2. The van der Waals surface area contributed by atoms with Gasteiger partial charge in [-0.2, -0.15) is 0 Å². The quantitative estimate of drug-likeness (QED) is 0.782. The first-order valence-electron chi connectivity index (χ1n) is 9.53. The molecule has 1 aliphatic rings. The number of anilines is 2. The minimum atomic E-state index is -3.34. The molecular formula is C21H27N3O4S. The van der Waals surface area contributed by atoms with E-state index in [1.807, 2.05) is 24.3 Å². The van der Waals surface area contributed by atoms with E-state index < -0.39 is 10.0 Å². The zero-order valence-electron chi connectivity index (χ0n) is 17.0. The summed E-state index contributed by atoms with van der Waals surface area (Å²) < 4.78 is 30.4. The first-order chi connectivity index (χ1) is 13.7. The zero-order chi connectivity index (χ0) is 21.0. The summed E-state index contributed by atoms with van der Waals surface area (Å²) in [4.78, 5) is 14.7.